The molecule has 1 unspecified atom stereocenters. The Morgan fingerprint density at radius 1 is 1.00 bits per heavy atom. The van der Waals surface area contributed by atoms with Gasteiger partial charge >= 0.3 is 12.3 Å². The SMILES string of the molecule is CCCC(Oc1ccc(Cl)c(Cn2c(C)c(C(=O)c3ccc(Cl)cc3)c3ccc(OC(F)(F)F)cc32)c1)C(=O)O. The van der Waals surface area contributed by atoms with Crippen LogP contribution in [0.4, 0.5) is 13.2 Å². The largest absolute Gasteiger partial charge is 0.573 e. The highest BCUT2D eigenvalue weighted by molar-refractivity contribution is 6.31. The number of carboxylic acids is 1. The maximum absolute atomic E-state index is 13.6. The van der Waals surface area contributed by atoms with E-state index < -0.39 is 24.2 Å². The fraction of sp³-hybridized carbons (Fsp3) is 0.241. The van der Waals surface area contributed by atoms with E-state index in [0.717, 1.165) is 6.07 Å². The van der Waals surface area contributed by atoms with E-state index in [0.29, 0.717) is 56.2 Å². The molecule has 0 saturated heterocycles. The van der Waals surface area contributed by atoms with Crippen LogP contribution in [0.2, 0.25) is 10.0 Å². The fourth-order valence-corrected chi connectivity index (χ4v) is 4.77. The molecular formula is C29H24Cl2F3NO5. The predicted molar refractivity (Wildman–Crippen MR) is 146 cm³/mol. The lowest BCUT2D eigenvalue weighted by Crippen LogP contribution is -2.26. The van der Waals surface area contributed by atoms with Gasteiger partial charge in [-0.15, -0.1) is 13.2 Å². The van der Waals surface area contributed by atoms with Crippen LogP contribution in [0.1, 0.15) is 46.9 Å². The minimum Gasteiger partial charge on any atom is -0.479 e. The van der Waals surface area contributed by atoms with Gasteiger partial charge in [0.1, 0.15) is 11.5 Å². The Kier molecular flexibility index (Phi) is 8.65. The number of aromatic nitrogens is 1. The molecule has 40 heavy (non-hydrogen) atoms. The number of nitrogens with zero attached hydrogens (tertiary/aromatic N) is 1. The number of carbonyl (C=O) groups excluding carboxylic acids is 1. The summed E-state index contributed by atoms with van der Waals surface area (Å²) in [5.74, 6) is -1.62. The molecule has 3 aromatic carbocycles. The average Bonchev–Trinajstić information content (AvgIpc) is 3.15. The normalized spacial score (nSPS) is 12.4. The summed E-state index contributed by atoms with van der Waals surface area (Å²) in [5, 5.41) is 10.7. The Morgan fingerprint density at radius 2 is 1.68 bits per heavy atom. The first-order chi connectivity index (χ1) is 18.9. The fourth-order valence-electron chi connectivity index (χ4n) is 4.46. The molecule has 0 fully saturated rings. The van der Waals surface area contributed by atoms with Gasteiger partial charge in [-0.05, 0) is 73.5 Å². The minimum absolute atomic E-state index is 0.0489. The van der Waals surface area contributed by atoms with Gasteiger partial charge in [0, 0.05) is 39.3 Å². The Hall–Kier alpha value is -3.69. The van der Waals surface area contributed by atoms with E-state index in [1.54, 1.807) is 54.0 Å². The number of rotatable bonds is 10. The number of fused-ring (bicyclic) bond motifs is 1. The van der Waals surface area contributed by atoms with Crippen LogP contribution in [-0.2, 0) is 11.3 Å². The second-order valence-electron chi connectivity index (χ2n) is 9.10. The first kappa shape index (κ1) is 29.3. The summed E-state index contributed by atoms with van der Waals surface area (Å²) in [5.41, 5.74) is 1.95. The zero-order chi connectivity index (χ0) is 29.2. The molecule has 210 valence electrons. The lowest BCUT2D eigenvalue weighted by Gasteiger charge is -2.17. The number of carbonyl (C=O) groups is 2. The molecule has 0 bridgehead atoms. The standard InChI is InChI=1S/C29H24Cl2F3NO5/c1-3-4-25(28(37)38)39-20-10-12-23(31)18(13-20)15-35-16(2)26(27(36)17-5-7-19(30)8-6-17)22-11-9-21(14-24(22)35)40-29(32,33)34/h5-14,25H,3-4,15H2,1-2H3,(H,37,38). The van der Waals surface area contributed by atoms with Crippen LogP contribution in [0.25, 0.3) is 10.9 Å². The Bertz CT molecular complexity index is 1560. The van der Waals surface area contributed by atoms with Crippen molar-refractivity contribution in [1.29, 1.82) is 0 Å². The second kappa shape index (κ2) is 11.8. The van der Waals surface area contributed by atoms with Crippen molar-refractivity contribution in [2.24, 2.45) is 0 Å². The van der Waals surface area contributed by atoms with Crippen molar-refractivity contribution in [3.05, 3.63) is 93.1 Å². The van der Waals surface area contributed by atoms with Crippen molar-refractivity contribution in [3.8, 4) is 11.5 Å². The topological polar surface area (TPSA) is 77.8 Å². The zero-order valence-electron chi connectivity index (χ0n) is 21.4. The maximum Gasteiger partial charge on any atom is 0.573 e. The van der Waals surface area contributed by atoms with E-state index >= 15 is 0 Å². The van der Waals surface area contributed by atoms with Gasteiger partial charge in [-0.1, -0.05) is 36.5 Å². The van der Waals surface area contributed by atoms with Crippen LogP contribution >= 0.6 is 23.2 Å². The molecule has 0 aliphatic carbocycles. The Balaban J connectivity index is 1.82. The number of halogens is 5. The monoisotopic (exact) mass is 593 g/mol. The van der Waals surface area contributed by atoms with E-state index in [-0.39, 0.29) is 18.1 Å². The number of aliphatic carboxylic acids is 1. The van der Waals surface area contributed by atoms with Crippen LogP contribution in [0, 0.1) is 6.92 Å². The van der Waals surface area contributed by atoms with Crippen LogP contribution < -0.4 is 9.47 Å². The molecule has 11 heteroatoms. The Labute approximate surface area is 237 Å². The van der Waals surface area contributed by atoms with Crippen molar-refractivity contribution in [2.75, 3.05) is 0 Å². The summed E-state index contributed by atoms with van der Waals surface area (Å²) in [6, 6.07) is 14.7. The van der Waals surface area contributed by atoms with Crippen molar-refractivity contribution < 1.29 is 37.3 Å². The zero-order valence-corrected chi connectivity index (χ0v) is 22.9. The highest BCUT2D eigenvalue weighted by Gasteiger charge is 2.32. The third kappa shape index (κ3) is 6.54. The van der Waals surface area contributed by atoms with Gasteiger partial charge in [-0.2, -0.15) is 0 Å². The summed E-state index contributed by atoms with van der Waals surface area (Å²) in [4.78, 5) is 25.1. The molecule has 6 nitrogen and oxygen atoms in total. The second-order valence-corrected chi connectivity index (χ2v) is 9.94. The molecule has 4 rings (SSSR count). The summed E-state index contributed by atoms with van der Waals surface area (Å²) < 4.78 is 50.5. The molecule has 1 N–H and O–H groups in total. The van der Waals surface area contributed by atoms with E-state index in [4.69, 9.17) is 27.9 Å². The number of ketones is 1. The maximum atomic E-state index is 13.6. The van der Waals surface area contributed by atoms with Gasteiger partial charge in [-0.3, -0.25) is 4.79 Å². The van der Waals surface area contributed by atoms with Crippen LogP contribution in [0.5, 0.6) is 11.5 Å². The Morgan fingerprint density at radius 3 is 2.30 bits per heavy atom. The molecule has 0 saturated carbocycles. The number of carboxylic acid groups (broad SMARTS) is 1. The molecule has 1 aromatic heterocycles. The van der Waals surface area contributed by atoms with Gasteiger partial charge in [0.25, 0.3) is 0 Å². The lowest BCUT2D eigenvalue weighted by atomic mass is 10.0. The van der Waals surface area contributed by atoms with Crippen LogP contribution in [0.3, 0.4) is 0 Å². The van der Waals surface area contributed by atoms with Gasteiger partial charge in [0.15, 0.2) is 11.9 Å². The molecule has 0 aliphatic rings. The first-order valence-corrected chi connectivity index (χ1v) is 13.0. The smallest absolute Gasteiger partial charge is 0.479 e. The molecule has 1 heterocycles. The van der Waals surface area contributed by atoms with E-state index in [1.807, 2.05) is 6.92 Å². The third-order valence-electron chi connectivity index (χ3n) is 6.31. The molecule has 0 radical (unpaired) electrons. The number of hydrogen-bond acceptors (Lipinski definition) is 4. The van der Waals surface area contributed by atoms with Crippen LogP contribution in [-0.4, -0.2) is 33.9 Å². The lowest BCUT2D eigenvalue weighted by molar-refractivity contribution is -0.274. The summed E-state index contributed by atoms with van der Waals surface area (Å²) in [6.07, 6.45) is -5.07. The molecule has 1 atom stereocenters. The average molecular weight is 594 g/mol. The summed E-state index contributed by atoms with van der Waals surface area (Å²) in [7, 11) is 0. The summed E-state index contributed by atoms with van der Waals surface area (Å²) in [6.45, 7) is 3.57. The molecule has 0 spiro atoms. The van der Waals surface area contributed by atoms with Gasteiger partial charge in [0.05, 0.1) is 11.1 Å². The van der Waals surface area contributed by atoms with Crippen molar-refractivity contribution >= 4 is 45.9 Å². The molecule has 0 aliphatic heterocycles. The highest BCUT2D eigenvalue weighted by atomic mass is 35.5. The van der Waals surface area contributed by atoms with Gasteiger partial charge in [-0.25, -0.2) is 4.79 Å². The van der Waals surface area contributed by atoms with E-state index in [1.165, 1.54) is 12.1 Å². The van der Waals surface area contributed by atoms with Gasteiger partial charge < -0.3 is 19.1 Å². The predicted octanol–water partition coefficient (Wildman–Crippen LogP) is 8.07. The van der Waals surface area contributed by atoms with Crippen molar-refractivity contribution in [3.63, 3.8) is 0 Å². The number of benzene rings is 3. The molecular weight excluding hydrogens is 570 g/mol. The number of alkyl halides is 3. The molecule has 4 aromatic rings. The van der Waals surface area contributed by atoms with E-state index in [2.05, 4.69) is 4.74 Å². The molecule has 0 amide bonds. The van der Waals surface area contributed by atoms with E-state index in [9.17, 15) is 27.9 Å². The minimum atomic E-state index is -4.91. The summed E-state index contributed by atoms with van der Waals surface area (Å²) >= 11 is 12.4. The number of hydrogen-bond donors (Lipinski definition) is 1. The first-order valence-electron chi connectivity index (χ1n) is 12.2. The van der Waals surface area contributed by atoms with Crippen molar-refractivity contribution in [1.82, 2.24) is 4.57 Å². The number of ether oxygens (including phenoxy) is 2. The van der Waals surface area contributed by atoms with Gasteiger partial charge in [0.2, 0.25) is 0 Å². The van der Waals surface area contributed by atoms with Crippen LogP contribution in [0.15, 0.2) is 60.7 Å². The van der Waals surface area contributed by atoms with Crippen molar-refractivity contribution in [2.45, 2.75) is 45.7 Å². The third-order valence-corrected chi connectivity index (χ3v) is 6.93. The highest BCUT2D eigenvalue weighted by Crippen LogP contribution is 2.35. The quantitative estimate of drug-likeness (QED) is 0.188.